The molecular formula is C13H19ClN2O3S. The van der Waals surface area contributed by atoms with Crippen LogP contribution in [-0.4, -0.2) is 37.0 Å². The smallest absolute Gasteiger partial charge is 0.245 e. The number of sulfonamides is 1. The molecule has 1 saturated heterocycles. The van der Waals surface area contributed by atoms with Crippen LogP contribution in [0, 0.1) is 5.92 Å². The summed E-state index contributed by atoms with van der Waals surface area (Å²) in [6, 6.07) is 4.40. The van der Waals surface area contributed by atoms with Gasteiger partial charge in [0.05, 0.1) is 11.8 Å². The van der Waals surface area contributed by atoms with Gasteiger partial charge < -0.3 is 10.8 Å². The Hall–Kier alpha value is -0.820. The highest BCUT2D eigenvalue weighted by Crippen LogP contribution is 2.29. The van der Waals surface area contributed by atoms with E-state index in [0.29, 0.717) is 31.0 Å². The van der Waals surface area contributed by atoms with E-state index in [1.807, 2.05) is 0 Å². The average molecular weight is 319 g/mol. The van der Waals surface area contributed by atoms with Crippen molar-refractivity contribution >= 4 is 27.3 Å². The van der Waals surface area contributed by atoms with Crippen LogP contribution in [-0.2, 0) is 10.0 Å². The lowest BCUT2D eigenvalue weighted by atomic mass is 9.93. The van der Waals surface area contributed by atoms with E-state index in [9.17, 15) is 13.5 Å². The third kappa shape index (κ3) is 3.09. The molecule has 0 amide bonds. The molecule has 7 heteroatoms. The van der Waals surface area contributed by atoms with Crippen LogP contribution in [0.3, 0.4) is 0 Å². The van der Waals surface area contributed by atoms with Crippen LogP contribution >= 0.6 is 11.6 Å². The largest absolute Gasteiger partial charge is 0.398 e. The van der Waals surface area contributed by atoms with Gasteiger partial charge in [0.1, 0.15) is 4.90 Å². The van der Waals surface area contributed by atoms with E-state index in [0.717, 1.165) is 0 Å². The second-order valence-electron chi connectivity index (χ2n) is 5.16. The summed E-state index contributed by atoms with van der Waals surface area (Å²) in [5.41, 5.74) is 5.92. The molecule has 0 aromatic heterocycles. The first-order valence-corrected chi connectivity index (χ1v) is 8.37. The molecule has 1 fully saturated rings. The first-order chi connectivity index (χ1) is 9.32. The minimum atomic E-state index is -3.59. The summed E-state index contributed by atoms with van der Waals surface area (Å²) in [7, 11) is -3.59. The summed E-state index contributed by atoms with van der Waals surface area (Å²) < 4.78 is 26.5. The van der Waals surface area contributed by atoms with Crippen LogP contribution in [0.5, 0.6) is 0 Å². The van der Waals surface area contributed by atoms with Gasteiger partial charge in [-0.05, 0) is 43.9 Å². The molecule has 5 nitrogen and oxygen atoms in total. The van der Waals surface area contributed by atoms with Gasteiger partial charge in [-0.2, -0.15) is 4.31 Å². The van der Waals surface area contributed by atoms with Crippen molar-refractivity contribution < 1.29 is 13.5 Å². The number of nitrogens with two attached hydrogens (primary N) is 1. The zero-order valence-electron chi connectivity index (χ0n) is 11.3. The maximum absolute atomic E-state index is 12.5. The van der Waals surface area contributed by atoms with Crippen molar-refractivity contribution in [3.63, 3.8) is 0 Å². The first kappa shape index (κ1) is 15.6. The van der Waals surface area contributed by atoms with Crippen molar-refractivity contribution in [3.05, 3.63) is 23.2 Å². The molecule has 0 saturated carbocycles. The number of aliphatic hydroxyl groups excluding tert-OH is 1. The molecule has 1 aliphatic heterocycles. The molecule has 20 heavy (non-hydrogen) atoms. The molecule has 0 bridgehead atoms. The van der Waals surface area contributed by atoms with Crippen molar-refractivity contribution in [2.45, 2.75) is 30.8 Å². The van der Waals surface area contributed by atoms with Gasteiger partial charge in [-0.15, -0.1) is 0 Å². The van der Waals surface area contributed by atoms with Crippen LogP contribution in [0.25, 0.3) is 0 Å². The van der Waals surface area contributed by atoms with Crippen molar-refractivity contribution in [1.29, 1.82) is 0 Å². The lowest BCUT2D eigenvalue weighted by Gasteiger charge is -2.32. The minimum absolute atomic E-state index is 0.0948. The fraction of sp³-hybridized carbons (Fsp3) is 0.538. The topological polar surface area (TPSA) is 83.6 Å². The summed E-state index contributed by atoms with van der Waals surface area (Å²) in [5, 5.41) is 9.97. The maximum atomic E-state index is 12.5. The Kier molecular flexibility index (Phi) is 4.59. The SMILES string of the molecule is CC(O)C1CCN(S(=O)(=O)c2ccc(Cl)cc2N)CC1. The molecule has 1 aromatic rings. The van der Waals surface area contributed by atoms with Crippen LogP contribution in [0.1, 0.15) is 19.8 Å². The predicted octanol–water partition coefficient (Wildman–Crippen LogP) is 1.70. The Morgan fingerprint density at radius 1 is 1.40 bits per heavy atom. The average Bonchev–Trinajstić information content (AvgIpc) is 2.38. The summed E-state index contributed by atoms with van der Waals surface area (Å²) in [4.78, 5) is 0.0948. The number of halogens is 1. The maximum Gasteiger partial charge on any atom is 0.245 e. The first-order valence-electron chi connectivity index (χ1n) is 6.55. The predicted molar refractivity (Wildman–Crippen MR) is 79.0 cm³/mol. The second-order valence-corrected chi connectivity index (χ2v) is 7.51. The van der Waals surface area contributed by atoms with E-state index in [2.05, 4.69) is 0 Å². The zero-order chi connectivity index (χ0) is 14.9. The van der Waals surface area contributed by atoms with E-state index < -0.39 is 16.1 Å². The number of aliphatic hydroxyl groups is 1. The molecule has 1 heterocycles. The summed E-state index contributed by atoms with van der Waals surface area (Å²) in [6.07, 6.45) is 0.912. The standard InChI is InChI=1S/C13H19ClN2O3S/c1-9(17)10-4-6-16(7-5-10)20(18,19)13-3-2-11(14)8-12(13)15/h2-3,8-10,17H,4-7,15H2,1H3. The number of hydrogen-bond donors (Lipinski definition) is 2. The van der Waals surface area contributed by atoms with E-state index in [1.165, 1.54) is 22.5 Å². The monoisotopic (exact) mass is 318 g/mol. The van der Waals surface area contributed by atoms with Gasteiger partial charge in [-0.1, -0.05) is 11.6 Å². The van der Waals surface area contributed by atoms with E-state index in [1.54, 1.807) is 6.92 Å². The molecule has 1 aliphatic rings. The Labute approximate surface area is 124 Å². The Bertz CT molecular complexity index is 581. The fourth-order valence-corrected chi connectivity index (χ4v) is 4.24. The number of nitrogens with zero attached hydrogens (tertiary/aromatic N) is 1. The van der Waals surface area contributed by atoms with Crippen molar-refractivity contribution in [2.75, 3.05) is 18.8 Å². The third-order valence-electron chi connectivity index (χ3n) is 3.77. The van der Waals surface area contributed by atoms with Crippen LogP contribution in [0.15, 0.2) is 23.1 Å². The van der Waals surface area contributed by atoms with E-state index >= 15 is 0 Å². The quantitative estimate of drug-likeness (QED) is 0.831. The van der Waals surface area contributed by atoms with Gasteiger partial charge in [0, 0.05) is 18.1 Å². The fourth-order valence-electron chi connectivity index (χ4n) is 2.49. The van der Waals surface area contributed by atoms with Gasteiger partial charge >= 0.3 is 0 Å². The molecule has 112 valence electrons. The van der Waals surface area contributed by atoms with Crippen LogP contribution < -0.4 is 5.73 Å². The lowest BCUT2D eigenvalue weighted by Crippen LogP contribution is -2.40. The van der Waals surface area contributed by atoms with Crippen molar-refractivity contribution in [3.8, 4) is 0 Å². The Morgan fingerprint density at radius 3 is 2.50 bits per heavy atom. The summed E-state index contributed by atoms with van der Waals surface area (Å²) in [5.74, 6) is 0.156. The van der Waals surface area contributed by atoms with Gasteiger partial charge in [0.2, 0.25) is 10.0 Å². The zero-order valence-corrected chi connectivity index (χ0v) is 12.9. The van der Waals surface area contributed by atoms with Crippen molar-refractivity contribution in [2.24, 2.45) is 5.92 Å². The van der Waals surface area contributed by atoms with Gasteiger partial charge in [-0.3, -0.25) is 0 Å². The van der Waals surface area contributed by atoms with Crippen molar-refractivity contribution in [1.82, 2.24) is 4.31 Å². The van der Waals surface area contributed by atoms with Gasteiger partial charge in [-0.25, -0.2) is 8.42 Å². The third-order valence-corrected chi connectivity index (χ3v) is 5.98. The summed E-state index contributed by atoms with van der Waals surface area (Å²) >= 11 is 5.79. The molecule has 0 radical (unpaired) electrons. The number of piperidine rings is 1. The van der Waals surface area contributed by atoms with Crippen LogP contribution in [0.4, 0.5) is 5.69 Å². The van der Waals surface area contributed by atoms with E-state index in [4.69, 9.17) is 17.3 Å². The molecule has 0 aliphatic carbocycles. The van der Waals surface area contributed by atoms with Crippen LogP contribution in [0.2, 0.25) is 5.02 Å². The molecule has 3 N–H and O–H groups in total. The lowest BCUT2D eigenvalue weighted by molar-refractivity contribution is 0.0912. The number of anilines is 1. The van der Waals surface area contributed by atoms with Gasteiger partial charge in [0.25, 0.3) is 0 Å². The highest BCUT2D eigenvalue weighted by molar-refractivity contribution is 7.89. The second kappa shape index (κ2) is 5.89. The number of benzene rings is 1. The molecule has 1 atom stereocenters. The normalized spacial score (nSPS) is 19.9. The highest BCUT2D eigenvalue weighted by atomic mass is 35.5. The number of nitrogen functional groups attached to an aromatic ring is 1. The van der Waals surface area contributed by atoms with E-state index in [-0.39, 0.29) is 16.5 Å². The number of rotatable bonds is 3. The minimum Gasteiger partial charge on any atom is -0.398 e. The molecule has 1 unspecified atom stereocenters. The Morgan fingerprint density at radius 2 is 2.00 bits per heavy atom. The summed E-state index contributed by atoms with van der Waals surface area (Å²) in [6.45, 7) is 2.55. The van der Waals surface area contributed by atoms with Gasteiger partial charge in [0.15, 0.2) is 0 Å². The molecule has 2 rings (SSSR count). The highest BCUT2D eigenvalue weighted by Gasteiger charge is 2.31. The Balaban J connectivity index is 2.20. The number of hydrogen-bond acceptors (Lipinski definition) is 4. The molecular weight excluding hydrogens is 300 g/mol. The molecule has 0 spiro atoms. The molecule has 1 aromatic carbocycles.